The normalized spacial score (nSPS) is 11.4. The van der Waals surface area contributed by atoms with Gasteiger partial charge in [0.2, 0.25) is 0 Å². The van der Waals surface area contributed by atoms with Crippen molar-refractivity contribution in [3.63, 3.8) is 0 Å². The van der Waals surface area contributed by atoms with Gasteiger partial charge in [0.25, 0.3) is 0 Å². The fraction of sp³-hybridized carbons (Fsp3) is 0.500. The molecule has 0 N–H and O–H groups in total. The van der Waals surface area contributed by atoms with Crippen molar-refractivity contribution < 1.29 is 22.7 Å². The minimum atomic E-state index is -4.20. The standard InChI is InChI=1S/C8H8F3NO2S/c9-8(10,11)2-1-3-14-7(13)6-4-15-5-12-6/h4-5H,1-3H2. The molecule has 0 unspecified atom stereocenters. The van der Waals surface area contributed by atoms with Crippen LogP contribution in [0.4, 0.5) is 13.2 Å². The molecule has 0 aliphatic heterocycles. The lowest BCUT2D eigenvalue weighted by Crippen LogP contribution is -2.11. The molecule has 0 saturated carbocycles. The lowest BCUT2D eigenvalue weighted by molar-refractivity contribution is -0.137. The highest BCUT2D eigenvalue weighted by Crippen LogP contribution is 2.21. The quantitative estimate of drug-likeness (QED) is 0.599. The van der Waals surface area contributed by atoms with Gasteiger partial charge in [-0.2, -0.15) is 13.2 Å². The van der Waals surface area contributed by atoms with Crippen molar-refractivity contribution in [3.05, 3.63) is 16.6 Å². The van der Waals surface area contributed by atoms with E-state index in [9.17, 15) is 18.0 Å². The summed E-state index contributed by atoms with van der Waals surface area (Å²) in [6, 6.07) is 0. The number of nitrogens with zero attached hydrogens (tertiary/aromatic N) is 1. The third-order valence-electron chi connectivity index (χ3n) is 1.48. The lowest BCUT2D eigenvalue weighted by Gasteiger charge is -2.05. The monoisotopic (exact) mass is 239 g/mol. The van der Waals surface area contributed by atoms with Crippen LogP contribution < -0.4 is 0 Å². The average molecular weight is 239 g/mol. The van der Waals surface area contributed by atoms with Crippen LogP contribution in [-0.4, -0.2) is 23.7 Å². The summed E-state index contributed by atoms with van der Waals surface area (Å²) in [4.78, 5) is 14.7. The molecule has 1 heterocycles. The summed E-state index contributed by atoms with van der Waals surface area (Å²) in [5, 5.41) is 1.48. The van der Waals surface area contributed by atoms with E-state index in [1.165, 1.54) is 22.2 Å². The van der Waals surface area contributed by atoms with Crippen molar-refractivity contribution in [2.24, 2.45) is 0 Å². The summed E-state index contributed by atoms with van der Waals surface area (Å²) in [6.45, 7) is -0.240. The van der Waals surface area contributed by atoms with Crippen molar-refractivity contribution in [3.8, 4) is 0 Å². The van der Waals surface area contributed by atoms with Crippen LogP contribution in [0.1, 0.15) is 23.3 Å². The SMILES string of the molecule is O=C(OCCCC(F)(F)F)c1cscn1. The van der Waals surface area contributed by atoms with Gasteiger partial charge in [0, 0.05) is 11.8 Å². The molecule has 1 aromatic rings. The number of thiazole rings is 1. The van der Waals surface area contributed by atoms with Crippen molar-refractivity contribution >= 4 is 17.3 Å². The van der Waals surface area contributed by atoms with Gasteiger partial charge in [0.05, 0.1) is 12.1 Å². The Balaban J connectivity index is 2.19. The maximum Gasteiger partial charge on any atom is 0.389 e. The van der Waals surface area contributed by atoms with Gasteiger partial charge in [-0.3, -0.25) is 0 Å². The molecule has 84 valence electrons. The van der Waals surface area contributed by atoms with E-state index in [0.29, 0.717) is 0 Å². The zero-order chi connectivity index (χ0) is 11.3. The summed E-state index contributed by atoms with van der Waals surface area (Å²) in [6.07, 6.45) is -5.37. The molecular formula is C8H8F3NO2S. The summed E-state index contributed by atoms with van der Waals surface area (Å²) in [5.41, 5.74) is 1.58. The van der Waals surface area contributed by atoms with Gasteiger partial charge in [0.15, 0.2) is 5.69 Å². The number of halogens is 3. The van der Waals surface area contributed by atoms with Gasteiger partial charge >= 0.3 is 12.1 Å². The van der Waals surface area contributed by atoms with E-state index in [-0.39, 0.29) is 18.7 Å². The van der Waals surface area contributed by atoms with Gasteiger partial charge in [-0.1, -0.05) is 0 Å². The summed E-state index contributed by atoms with van der Waals surface area (Å²) in [7, 11) is 0. The van der Waals surface area contributed by atoms with Crippen LogP contribution in [0.3, 0.4) is 0 Å². The van der Waals surface area contributed by atoms with Crippen LogP contribution in [0.15, 0.2) is 10.9 Å². The second kappa shape index (κ2) is 5.11. The third kappa shape index (κ3) is 4.78. The maximum atomic E-state index is 11.7. The topological polar surface area (TPSA) is 39.2 Å². The Bertz CT molecular complexity index is 310. The second-order valence-electron chi connectivity index (χ2n) is 2.73. The molecular weight excluding hydrogens is 231 g/mol. The molecule has 0 aliphatic rings. The van der Waals surface area contributed by atoms with Crippen LogP contribution in [0.5, 0.6) is 0 Å². The fourth-order valence-corrected chi connectivity index (χ4v) is 1.35. The van der Waals surface area contributed by atoms with E-state index in [0.717, 1.165) is 0 Å². The molecule has 7 heteroatoms. The van der Waals surface area contributed by atoms with Crippen LogP contribution in [0.2, 0.25) is 0 Å². The van der Waals surface area contributed by atoms with Crippen LogP contribution >= 0.6 is 11.3 Å². The first-order valence-electron chi connectivity index (χ1n) is 4.11. The average Bonchev–Trinajstić information content (AvgIpc) is 2.63. The fourth-order valence-electron chi connectivity index (χ4n) is 0.825. The summed E-state index contributed by atoms with van der Waals surface area (Å²) < 4.78 is 39.7. The largest absolute Gasteiger partial charge is 0.461 e. The van der Waals surface area contributed by atoms with E-state index >= 15 is 0 Å². The highest BCUT2D eigenvalue weighted by atomic mass is 32.1. The Morgan fingerprint density at radius 1 is 1.53 bits per heavy atom. The van der Waals surface area contributed by atoms with Crippen LogP contribution in [0.25, 0.3) is 0 Å². The molecule has 0 saturated heterocycles. The first kappa shape index (κ1) is 12.0. The first-order valence-corrected chi connectivity index (χ1v) is 5.05. The molecule has 0 atom stereocenters. The van der Waals surface area contributed by atoms with E-state index in [1.54, 1.807) is 0 Å². The number of alkyl halides is 3. The molecule has 0 radical (unpaired) electrons. The molecule has 0 fully saturated rings. The predicted molar refractivity (Wildman–Crippen MR) is 47.7 cm³/mol. The Morgan fingerprint density at radius 2 is 2.27 bits per heavy atom. The minimum Gasteiger partial charge on any atom is -0.461 e. The van der Waals surface area contributed by atoms with E-state index in [1.807, 2.05) is 0 Å². The van der Waals surface area contributed by atoms with Crippen molar-refractivity contribution in [2.45, 2.75) is 19.0 Å². The molecule has 1 rings (SSSR count). The Hall–Kier alpha value is -1.11. The number of ether oxygens (including phenoxy) is 1. The zero-order valence-corrected chi connectivity index (χ0v) is 8.40. The third-order valence-corrected chi connectivity index (χ3v) is 2.07. The molecule has 1 aromatic heterocycles. The molecule has 15 heavy (non-hydrogen) atoms. The Morgan fingerprint density at radius 3 is 2.80 bits per heavy atom. The van der Waals surface area contributed by atoms with Crippen molar-refractivity contribution in [1.82, 2.24) is 4.98 Å². The number of hydrogen-bond acceptors (Lipinski definition) is 4. The molecule has 0 amide bonds. The number of rotatable bonds is 4. The number of carbonyl (C=O) groups excluding carboxylic acids is 1. The predicted octanol–water partition coefficient (Wildman–Crippen LogP) is 2.64. The molecule has 3 nitrogen and oxygen atoms in total. The van der Waals surface area contributed by atoms with E-state index in [4.69, 9.17) is 0 Å². The highest BCUT2D eigenvalue weighted by molar-refractivity contribution is 7.07. The number of aromatic nitrogens is 1. The van der Waals surface area contributed by atoms with Crippen LogP contribution in [-0.2, 0) is 4.74 Å². The summed E-state index contributed by atoms with van der Waals surface area (Å²) >= 11 is 1.22. The first-order chi connectivity index (χ1) is 6.99. The second-order valence-corrected chi connectivity index (χ2v) is 3.45. The molecule has 0 bridgehead atoms. The molecule has 0 spiro atoms. The van der Waals surface area contributed by atoms with E-state index in [2.05, 4.69) is 9.72 Å². The Kier molecular flexibility index (Phi) is 4.07. The lowest BCUT2D eigenvalue weighted by atomic mass is 10.3. The van der Waals surface area contributed by atoms with Gasteiger partial charge < -0.3 is 4.74 Å². The van der Waals surface area contributed by atoms with E-state index < -0.39 is 18.6 Å². The molecule has 0 aliphatic carbocycles. The number of carbonyl (C=O) groups is 1. The zero-order valence-electron chi connectivity index (χ0n) is 7.58. The van der Waals surface area contributed by atoms with Gasteiger partial charge in [-0.05, 0) is 6.42 Å². The highest BCUT2D eigenvalue weighted by Gasteiger charge is 2.26. The molecule has 0 aromatic carbocycles. The van der Waals surface area contributed by atoms with Crippen molar-refractivity contribution in [2.75, 3.05) is 6.61 Å². The number of hydrogen-bond donors (Lipinski definition) is 0. The van der Waals surface area contributed by atoms with Gasteiger partial charge in [-0.15, -0.1) is 11.3 Å². The van der Waals surface area contributed by atoms with Gasteiger partial charge in [0.1, 0.15) is 0 Å². The summed E-state index contributed by atoms with van der Waals surface area (Å²) in [5.74, 6) is -0.682. The Labute approximate surface area is 87.9 Å². The van der Waals surface area contributed by atoms with Crippen molar-refractivity contribution in [1.29, 1.82) is 0 Å². The smallest absolute Gasteiger partial charge is 0.389 e. The van der Waals surface area contributed by atoms with Crippen LogP contribution in [0, 0.1) is 0 Å². The van der Waals surface area contributed by atoms with Gasteiger partial charge in [-0.25, -0.2) is 9.78 Å². The number of esters is 1. The minimum absolute atomic E-state index is 0.131. The maximum absolute atomic E-state index is 11.7.